The van der Waals surface area contributed by atoms with E-state index in [4.69, 9.17) is 0 Å². The molecule has 0 radical (unpaired) electrons. The first-order valence-electron chi connectivity index (χ1n) is 13.6. The molecule has 1 aromatic carbocycles. The molecule has 1 aliphatic heterocycles. The zero-order chi connectivity index (χ0) is 29.7. The van der Waals surface area contributed by atoms with Crippen molar-refractivity contribution < 1.29 is 37.5 Å². The summed E-state index contributed by atoms with van der Waals surface area (Å²) in [6, 6.07) is 4.64. The van der Waals surface area contributed by atoms with Crippen LogP contribution in [0.1, 0.15) is 70.8 Å². The number of carbonyl (C=O) groups is 4. The molecule has 0 spiro atoms. The van der Waals surface area contributed by atoms with Crippen molar-refractivity contribution in [1.29, 1.82) is 0 Å². The number of carbonyl (C=O) groups excluding carboxylic acids is 4. The lowest BCUT2D eigenvalue weighted by Gasteiger charge is -2.31. The summed E-state index contributed by atoms with van der Waals surface area (Å²) in [7, 11) is 0. The molecular weight excluding hydrogens is 529 g/mol. The molecule has 1 aromatic rings. The number of halogens is 3. The minimum Gasteiger partial charge on any atom is -0.381 e. The fourth-order valence-electron chi connectivity index (χ4n) is 4.79. The normalized spacial score (nSPS) is 20.6. The Morgan fingerprint density at radius 1 is 1.02 bits per heavy atom. The Hall–Kier alpha value is -3.15. The Balaban J connectivity index is 1.76. The Morgan fingerprint density at radius 2 is 1.68 bits per heavy atom. The summed E-state index contributed by atoms with van der Waals surface area (Å²) in [6.45, 7) is 5.85. The molecule has 9 nitrogen and oxygen atoms in total. The second-order valence-corrected chi connectivity index (χ2v) is 11.9. The van der Waals surface area contributed by atoms with E-state index in [1.54, 1.807) is 26.8 Å². The Morgan fingerprint density at radius 3 is 2.20 bits per heavy atom. The molecule has 1 saturated heterocycles. The molecule has 5 N–H and O–H groups in total. The number of rotatable bonds is 12. The summed E-state index contributed by atoms with van der Waals surface area (Å²) in [5.74, 6) is -5.26. The molecule has 1 aliphatic carbocycles. The van der Waals surface area contributed by atoms with Crippen molar-refractivity contribution in [3.63, 3.8) is 0 Å². The Bertz CT molecular complexity index is 1060. The van der Waals surface area contributed by atoms with Crippen LogP contribution in [-0.4, -0.2) is 65.7 Å². The van der Waals surface area contributed by atoms with Crippen molar-refractivity contribution in [1.82, 2.24) is 21.3 Å². The van der Waals surface area contributed by atoms with Crippen LogP contribution in [0.15, 0.2) is 30.3 Å². The molecule has 3 unspecified atom stereocenters. The number of aliphatic hydroxyl groups is 1. The summed E-state index contributed by atoms with van der Waals surface area (Å²) >= 11 is 0. The minimum absolute atomic E-state index is 0.0167. The number of hydrogen-bond acceptors (Lipinski definition) is 5. The van der Waals surface area contributed by atoms with E-state index < -0.39 is 65.8 Å². The quantitative estimate of drug-likeness (QED) is 0.264. The van der Waals surface area contributed by atoms with Crippen LogP contribution in [0.2, 0.25) is 0 Å². The average molecular weight is 569 g/mol. The highest BCUT2D eigenvalue weighted by Crippen LogP contribution is 2.37. The third kappa shape index (κ3) is 9.50. The number of aliphatic hydroxyl groups excluding tert-OH is 1. The predicted octanol–water partition coefficient (Wildman–Crippen LogP) is 2.29. The van der Waals surface area contributed by atoms with Crippen LogP contribution in [0, 0.1) is 11.3 Å². The zero-order valence-electron chi connectivity index (χ0n) is 23.0. The van der Waals surface area contributed by atoms with E-state index in [9.17, 15) is 37.5 Å². The number of benzene rings is 1. The van der Waals surface area contributed by atoms with E-state index in [1.165, 1.54) is 24.3 Å². The average Bonchev–Trinajstić information content (AvgIpc) is 3.59. The first-order valence-corrected chi connectivity index (χ1v) is 13.6. The monoisotopic (exact) mass is 568 g/mol. The second-order valence-electron chi connectivity index (χ2n) is 11.9. The standard InChI is InChI=1S/C28H39F3N4O5/c1-27(2,3)15-21(34-22(36)14-19(28(29,30)31)16-7-5-4-6-8-16)25(39)35-20(13-17-11-12-32-24(17)38)23(37)26(40)33-18-9-10-18/h4-8,17-21,23,37H,9-15H2,1-3H3,(H,32,38)(H,33,40)(H,34,36)(H,35,39)/t17-,19?,20?,21-,23?/m0/s1. The van der Waals surface area contributed by atoms with Crippen molar-refractivity contribution in [3.05, 3.63) is 35.9 Å². The van der Waals surface area contributed by atoms with Crippen LogP contribution in [0.5, 0.6) is 0 Å². The zero-order valence-corrected chi connectivity index (χ0v) is 23.0. The van der Waals surface area contributed by atoms with E-state index in [-0.39, 0.29) is 30.4 Å². The maximum absolute atomic E-state index is 13.8. The van der Waals surface area contributed by atoms with Crippen molar-refractivity contribution in [2.24, 2.45) is 11.3 Å². The van der Waals surface area contributed by atoms with Gasteiger partial charge < -0.3 is 26.4 Å². The molecule has 0 aromatic heterocycles. The molecule has 4 amide bonds. The van der Waals surface area contributed by atoms with Gasteiger partial charge in [0.25, 0.3) is 5.91 Å². The molecule has 0 bridgehead atoms. The molecule has 2 fully saturated rings. The van der Waals surface area contributed by atoms with Gasteiger partial charge in [0.2, 0.25) is 17.7 Å². The Labute approximate surface area is 232 Å². The molecule has 1 heterocycles. The van der Waals surface area contributed by atoms with Gasteiger partial charge in [-0.1, -0.05) is 51.1 Å². The van der Waals surface area contributed by atoms with E-state index >= 15 is 0 Å². The van der Waals surface area contributed by atoms with Crippen molar-refractivity contribution in [3.8, 4) is 0 Å². The first kappa shape index (κ1) is 31.4. The summed E-state index contributed by atoms with van der Waals surface area (Å²) in [4.78, 5) is 51.1. The Kier molecular flexibility index (Phi) is 10.2. The third-order valence-electron chi connectivity index (χ3n) is 7.06. The van der Waals surface area contributed by atoms with Gasteiger partial charge in [-0.15, -0.1) is 0 Å². The fraction of sp³-hybridized carbons (Fsp3) is 0.643. The summed E-state index contributed by atoms with van der Waals surface area (Å²) < 4.78 is 41.5. The highest BCUT2D eigenvalue weighted by Gasteiger charge is 2.43. The molecule has 12 heteroatoms. The molecule has 2 aliphatic rings. The SMILES string of the molecule is CC(C)(C)C[C@H](NC(=O)CC(c1ccccc1)C(F)(F)F)C(=O)NC(C[C@@H]1CCNC1=O)C(O)C(=O)NC1CC1. The highest BCUT2D eigenvalue weighted by molar-refractivity contribution is 5.89. The topological polar surface area (TPSA) is 137 Å². The van der Waals surface area contributed by atoms with Gasteiger partial charge in [-0.3, -0.25) is 19.2 Å². The van der Waals surface area contributed by atoms with E-state index in [2.05, 4.69) is 21.3 Å². The van der Waals surface area contributed by atoms with Crippen LogP contribution in [0.25, 0.3) is 0 Å². The summed E-state index contributed by atoms with van der Waals surface area (Å²) in [6.07, 6.45) is -5.18. The van der Waals surface area contributed by atoms with E-state index in [0.717, 1.165) is 12.8 Å². The van der Waals surface area contributed by atoms with Gasteiger partial charge in [-0.2, -0.15) is 13.2 Å². The van der Waals surface area contributed by atoms with Crippen LogP contribution in [0.3, 0.4) is 0 Å². The van der Waals surface area contributed by atoms with E-state index in [0.29, 0.717) is 13.0 Å². The number of nitrogens with one attached hydrogen (secondary N) is 4. The lowest BCUT2D eigenvalue weighted by molar-refractivity contribution is -0.157. The molecule has 3 rings (SSSR count). The summed E-state index contributed by atoms with van der Waals surface area (Å²) in [5.41, 5.74) is -0.581. The van der Waals surface area contributed by atoms with Crippen LogP contribution < -0.4 is 21.3 Å². The van der Waals surface area contributed by atoms with Gasteiger partial charge in [-0.25, -0.2) is 0 Å². The molecule has 5 atom stereocenters. The molecule has 40 heavy (non-hydrogen) atoms. The summed E-state index contributed by atoms with van der Waals surface area (Å²) in [5, 5.41) is 21.2. The van der Waals surface area contributed by atoms with Crippen molar-refractivity contribution in [2.45, 2.75) is 95.6 Å². The van der Waals surface area contributed by atoms with Crippen molar-refractivity contribution >= 4 is 23.6 Å². The number of hydrogen-bond donors (Lipinski definition) is 5. The number of amides is 4. The van der Waals surface area contributed by atoms with Crippen LogP contribution in [0.4, 0.5) is 13.2 Å². The van der Waals surface area contributed by atoms with Crippen molar-refractivity contribution in [2.75, 3.05) is 6.54 Å². The largest absolute Gasteiger partial charge is 0.396 e. The maximum atomic E-state index is 13.8. The number of alkyl halides is 3. The van der Waals surface area contributed by atoms with Gasteiger partial charge in [-0.05, 0) is 43.1 Å². The highest BCUT2D eigenvalue weighted by atomic mass is 19.4. The molecule has 222 valence electrons. The third-order valence-corrected chi connectivity index (χ3v) is 7.06. The predicted molar refractivity (Wildman–Crippen MR) is 141 cm³/mol. The molecular formula is C28H39F3N4O5. The fourth-order valence-corrected chi connectivity index (χ4v) is 4.79. The van der Waals surface area contributed by atoms with Gasteiger partial charge in [0, 0.05) is 24.9 Å². The van der Waals surface area contributed by atoms with Crippen LogP contribution >= 0.6 is 0 Å². The van der Waals surface area contributed by atoms with E-state index in [1.807, 2.05) is 0 Å². The first-order chi connectivity index (χ1) is 18.6. The molecule has 1 saturated carbocycles. The smallest absolute Gasteiger partial charge is 0.381 e. The van der Waals surface area contributed by atoms with Gasteiger partial charge in [0.15, 0.2) is 6.10 Å². The second kappa shape index (κ2) is 13.0. The lowest BCUT2D eigenvalue weighted by atomic mass is 9.87. The maximum Gasteiger partial charge on any atom is 0.396 e. The van der Waals surface area contributed by atoms with Gasteiger partial charge in [0.1, 0.15) is 6.04 Å². The van der Waals surface area contributed by atoms with Gasteiger partial charge >= 0.3 is 6.18 Å². The van der Waals surface area contributed by atoms with Crippen LogP contribution in [-0.2, 0) is 19.2 Å². The minimum atomic E-state index is -4.69. The van der Waals surface area contributed by atoms with Gasteiger partial charge in [0.05, 0.1) is 12.0 Å². The lowest BCUT2D eigenvalue weighted by Crippen LogP contribution is -2.57.